The number of nitrogens with zero attached hydrogens (tertiary/aromatic N) is 1. The van der Waals surface area contributed by atoms with Crippen molar-refractivity contribution in [1.29, 1.82) is 0 Å². The summed E-state index contributed by atoms with van der Waals surface area (Å²) in [5, 5.41) is 3.26. The van der Waals surface area contributed by atoms with Crippen LogP contribution in [0.4, 0.5) is 5.69 Å². The molecule has 0 heterocycles. The Bertz CT molecular complexity index is 972. The number of amides is 1. The number of ether oxygens (including phenoxy) is 1. The number of rotatable bonds is 10. The quantitative estimate of drug-likeness (QED) is 0.502. The maximum atomic E-state index is 13.3. The van der Waals surface area contributed by atoms with E-state index in [0.717, 1.165) is 22.7 Å². The van der Waals surface area contributed by atoms with Gasteiger partial charge in [0, 0.05) is 18.2 Å². The van der Waals surface area contributed by atoms with Gasteiger partial charge in [-0.2, -0.15) is 0 Å². The van der Waals surface area contributed by atoms with Crippen LogP contribution in [0, 0.1) is 6.92 Å². The number of hydrogen-bond donors (Lipinski definition) is 1. The SMILES string of the molecule is Cc1ccc(N(CC(=O)NCCCOC2CCCCC2)S(=O)(=O)c2ccc(Cl)cc2)cc1. The number of aryl methyl sites for hydroxylation is 1. The molecule has 1 aliphatic carbocycles. The molecule has 1 fully saturated rings. The van der Waals surface area contributed by atoms with Crippen molar-refractivity contribution in [2.24, 2.45) is 0 Å². The summed E-state index contributed by atoms with van der Waals surface area (Å²) < 4.78 is 33.6. The summed E-state index contributed by atoms with van der Waals surface area (Å²) in [5.41, 5.74) is 1.43. The lowest BCUT2D eigenvalue weighted by atomic mass is 9.98. The summed E-state index contributed by atoms with van der Waals surface area (Å²) >= 11 is 5.91. The smallest absolute Gasteiger partial charge is 0.264 e. The highest BCUT2D eigenvalue weighted by molar-refractivity contribution is 7.92. The molecule has 0 aromatic heterocycles. The fraction of sp³-hybridized carbons (Fsp3) is 0.458. The Morgan fingerprint density at radius 3 is 2.38 bits per heavy atom. The first-order valence-corrected chi connectivity index (χ1v) is 12.9. The van der Waals surface area contributed by atoms with Crippen LogP contribution in [0.15, 0.2) is 53.4 Å². The molecule has 0 unspecified atom stereocenters. The van der Waals surface area contributed by atoms with Crippen LogP contribution in [0.3, 0.4) is 0 Å². The van der Waals surface area contributed by atoms with Gasteiger partial charge in [0.25, 0.3) is 10.0 Å². The second-order valence-corrected chi connectivity index (χ2v) is 10.4. The van der Waals surface area contributed by atoms with Gasteiger partial charge in [-0.25, -0.2) is 8.42 Å². The Morgan fingerprint density at radius 2 is 1.72 bits per heavy atom. The fourth-order valence-electron chi connectivity index (χ4n) is 3.73. The van der Waals surface area contributed by atoms with Gasteiger partial charge in [0.05, 0.1) is 16.7 Å². The van der Waals surface area contributed by atoms with Gasteiger partial charge >= 0.3 is 0 Å². The average Bonchev–Trinajstić information content (AvgIpc) is 2.79. The summed E-state index contributed by atoms with van der Waals surface area (Å²) in [6.07, 6.45) is 6.97. The van der Waals surface area contributed by atoms with Gasteiger partial charge in [-0.1, -0.05) is 48.6 Å². The maximum absolute atomic E-state index is 13.3. The zero-order chi connectivity index (χ0) is 23.0. The monoisotopic (exact) mass is 478 g/mol. The summed E-state index contributed by atoms with van der Waals surface area (Å²) in [4.78, 5) is 12.7. The maximum Gasteiger partial charge on any atom is 0.264 e. The van der Waals surface area contributed by atoms with E-state index in [1.54, 1.807) is 12.1 Å². The van der Waals surface area contributed by atoms with Crippen molar-refractivity contribution in [3.63, 3.8) is 0 Å². The van der Waals surface area contributed by atoms with Crippen molar-refractivity contribution in [1.82, 2.24) is 5.32 Å². The van der Waals surface area contributed by atoms with Crippen molar-refractivity contribution in [2.45, 2.75) is 56.4 Å². The number of sulfonamides is 1. The van der Waals surface area contributed by atoms with Crippen LogP contribution in [0.1, 0.15) is 44.1 Å². The third kappa shape index (κ3) is 6.95. The minimum Gasteiger partial charge on any atom is -0.378 e. The standard InChI is InChI=1S/C24H31ClN2O4S/c1-19-8-12-21(13-9-19)27(32(29,30)23-14-10-20(25)11-15-23)18-24(28)26-16-5-17-31-22-6-3-2-4-7-22/h8-15,22H,2-7,16-18H2,1H3,(H,26,28). The van der Waals surface area contributed by atoms with Crippen LogP contribution >= 0.6 is 11.6 Å². The van der Waals surface area contributed by atoms with E-state index in [-0.39, 0.29) is 17.3 Å². The van der Waals surface area contributed by atoms with E-state index in [2.05, 4.69) is 5.32 Å². The third-order valence-corrected chi connectivity index (χ3v) is 7.60. The number of benzene rings is 2. The lowest BCUT2D eigenvalue weighted by Gasteiger charge is -2.24. The van der Waals surface area contributed by atoms with Crippen LogP contribution < -0.4 is 9.62 Å². The number of carbonyl (C=O) groups is 1. The first-order valence-electron chi connectivity index (χ1n) is 11.1. The van der Waals surface area contributed by atoms with Crippen molar-refractivity contribution in [2.75, 3.05) is 24.0 Å². The van der Waals surface area contributed by atoms with Crippen LogP contribution in [0.25, 0.3) is 0 Å². The summed E-state index contributed by atoms with van der Waals surface area (Å²) in [5.74, 6) is -0.360. The molecule has 0 spiro atoms. The van der Waals surface area contributed by atoms with Crippen LogP contribution in [0.5, 0.6) is 0 Å². The van der Waals surface area contributed by atoms with E-state index < -0.39 is 10.0 Å². The molecule has 8 heteroatoms. The van der Waals surface area contributed by atoms with Gasteiger partial charge in [0.1, 0.15) is 6.54 Å². The zero-order valence-electron chi connectivity index (χ0n) is 18.4. The van der Waals surface area contributed by atoms with Gasteiger partial charge in [0.2, 0.25) is 5.91 Å². The van der Waals surface area contributed by atoms with Gasteiger partial charge in [-0.15, -0.1) is 0 Å². The fourth-order valence-corrected chi connectivity index (χ4v) is 5.27. The predicted octanol–water partition coefficient (Wildman–Crippen LogP) is 4.70. The molecule has 1 amide bonds. The molecule has 2 aromatic carbocycles. The molecule has 0 aliphatic heterocycles. The van der Waals surface area contributed by atoms with Crippen molar-refractivity contribution in [3.05, 3.63) is 59.1 Å². The molecular formula is C24H31ClN2O4S. The minimum absolute atomic E-state index is 0.0798. The highest BCUT2D eigenvalue weighted by Crippen LogP contribution is 2.25. The lowest BCUT2D eigenvalue weighted by molar-refractivity contribution is -0.119. The molecular weight excluding hydrogens is 448 g/mol. The van der Waals surface area contributed by atoms with Gasteiger partial charge in [-0.05, 0) is 62.6 Å². The van der Waals surface area contributed by atoms with Crippen LogP contribution in [-0.2, 0) is 19.6 Å². The van der Waals surface area contributed by atoms with Crippen molar-refractivity contribution >= 4 is 33.2 Å². The molecule has 1 aliphatic rings. The summed E-state index contributed by atoms with van der Waals surface area (Å²) in [6, 6.07) is 13.0. The normalized spacial score (nSPS) is 14.8. The summed E-state index contributed by atoms with van der Waals surface area (Å²) in [6.45, 7) is 2.64. The van der Waals surface area contributed by atoms with E-state index in [4.69, 9.17) is 16.3 Å². The predicted molar refractivity (Wildman–Crippen MR) is 128 cm³/mol. The Labute approximate surface area is 196 Å². The molecule has 0 atom stereocenters. The Kier molecular flexibility index (Phi) is 8.96. The molecule has 6 nitrogen and oxygen atoms in total. The van der Waals surface area contributed by atoms with E-state index in [9.17, 15) is 13.2 Å². The largest absolute Gasteiger partial charge is 0.378 e. The molecule has 174 valence electrons. The summed E-state index contributed by atoms with van der Waals surface area (Å²) in [7, 11) is -3.94. The molecule has 0 radical (unpaired) electrons. The van der Waals surface area contributed by atoms with Gasteiger partial charge < -0.3 is 10.1 Å². The number of anilines is 1. The van der Waals surface area contributed by atoms with E-state index in [0.29, 0.717) is 36.4 Å². The lowest BCUT2D eigenvalue weighted by Crippen LogP contribution is -2.41. The van der Waals surface area contributed by atoms with Crippen molar-refractivity contribution < 1.29 is 17.9 Å². The second-order valence-electron chi connectivity index (χ2n) is 8.14. The molecule has 0 saturated heterocycles. The molecule has 3 rings (SSSR count). The third-order valence-electron chi connectivity index (χ3n) is 5.56. The Balaban J connectivity index is 1.61. The van der Waals surface area contributed by atoms with E-state index >= 15 is 0 Å². The van der Waals surface area contributed by atoms with Crippen LogP contribution in [0.2, 0.25) is 5.02 Å². The number of carbonyl (C=O) groups excluding carboxylic acids is 1. The first kappa shape index (κ1) is 24.6. The molecule has 32 heavy (non-hydrogen) atoms. The Hall–Kier alpha value is -2.09. The molecule has 1 N–H and O–H groups in total. The second kappa shape index (κ2) is 11.7. The number of halogens is 1. The van der Waals surface area contributed by atoms with E-state index in [1.807, 2.05) is 19.1 Å². The minimum atomic E-state index is -3.94. The zero-order valence-corrected chi connectivity index (χ0v) is 20.0. The highest BCUT2D eigenvalue weighted by Gasteiger charge is 2.27. The molecule has 2 aromatic rings. The number of nitrogens with one attached hydrogen (secondary N) is 1. The molecule has 1 saturated carbocycles. The first-order chi connectivity index (χ1) is 15.4. The van der Waals surface area contributed by atoms with Crippen molar-refractivity contribution in [3.8, 4) is 0 Å². The number of hydrogen-bond acceptors (Lipinski definition) is 4. The topological polar surface area (TPSA) is 75.7 Å². The van der Waals surface area contributed by atoms with Crippen LogP contribution in [-0.4, -0.2) is 40.1 Å². The van der Waals surface area contributed by atoms with Gasteiger partial charge in [0.15, 0.2) is 0 Å². The van der Waals surface area contributed by atoms with E-state index in [1.165, 1.54) is 43.5 Å². The Morgan fingerprint density at radius 1 is 1.06 bits per heavy atom. The highest BCUT2D eigenvalue weighted by atomic mass is 35.5. The average molecular weight is 479 g/mol. The molecule has 0 bridgehead atoms. The van der Waals surface area contributed by atoms with Gasteiger partial charge in [-0.3, -0.25) is 9.10 Å².